The zero-order valence-electron chi connectivity index (χ0n) is 13.7. The van der Waals surface area contributed by atoms with Gasteiger partial charge in [-0.25, -0.2) is 9.67 Å². The molecule has 25 heavy (non-hydrogen) atoms. The van der Waals surface area contributed by atoms with Gasteiger partial charge in [-0.1, -0.05) is 36.4 Å². The number of nitrogens with zero attached hydrogens (tertiary/aromatic N) is 3. The molecule has 120 valence electrons. The Morgan fingerprint density at radius 2 is 1.60 bits per heavy atom. The summed E-state index contributed by atoms with van der Waals surface area (Å²) >= 11 is 0. The predicted molar refractivity (Wildman–Crippen MR) is 101 cm³/mol. The molecule has 0 spiro atoms. The summed E-state index contributed by atoms with van der Waals surface area (Å²) in [4.78, 5) is 18.0. The van der Waals surface area contributed by atoms with Crippen LogP contribution in [0.15, 0.2) is 77.6 Å². The first-order valence-electron chi connectivity index (χ1n) is 8.22. The van der Waals surface area contributed by atoms with Crippen molar-refractivity contribution in [3.8, 4) is 5.69 Å². The van der Waals surface area contributed by atoms with Crippen LogP contribution in [0.25, 0.3) is 33.1 Å². The Labute approximate surface area is 143 Å². The summed E-state index contributed by atoms with van der Waals surface area (Å²) in [6.07, 6.45) is 0. The molecule has 0 amide bonds. The molecule has 0 bridgehead atoms. The van der Waals surface area contributed by atoms with E-state index in [1.54, 1.807) is 4.52 Å². The standard InChI is InChI=1S/C21H15N3O/c1-14-7-6-8-15(13-14)23-19-12-5-3-10-17(19)20-22-18-11-4-2-9-16(18)21(25)24(20)23/h2-13H,1H3. The van der Waals surface area contributed by atoms with Gasteiger partial charge in [-0.2, -0.15) is 4.52 Å². The van der Waals surface area contributed by atoms with Gasteiger partial charge in [0.2, 0.25) is 0 Å². The molecular formula is C21H15N3O. The third-order valence-corrected chi connectivity index (χ3v) is 4.57. The number of aryl methyl sites for hydroxylation is 1. The lowest BCUT2D eigenvalue weighted by Crippen LogP contribution is -2.20. The first kappa shape index (κ1) is 14.0. The molecule has 0 saturated carbocycles. The average molecular weight is 325 g/mol. The van der Waals surface area contributed by atoms with Crippen molar-refractivity contribution >= 4 is 27.5 Å². The van der Waals surface area contributed by atoms with Crippen LogP contribution in [-0.4, -0.2) is 14.2 Å². The van der Waals surface area contributed by atoms with Gasteiger partial charge in [0.15, 0.2) is 5.65 Å². The molecule has 4 nitrogen and oxygen atoms in total. The van der Waals surface area contributed by atoms with E-state index in [2.05, 4.69) is 6.07 Å². The van der Waals surface area contributed by atoms with Gasteiger partial charge < -0.3 is 0 Å². The Hall–Kier alpha value is -3.40. The number of rotatable bonds is 1. The van der Waals surface area contributed by atoms with Crippen molar-refractivity contribution in [2.75, 3.05) is 0 Å². The van der Waals surface area contributed by atoms with Crippen molar-refractivity contribution < 1.29 is 0 Å². The minimum atomic E-state index is -0.0571. The van der Waals surface area contributed by atoms with Crippen molar-refractivity contribution in [2.45, 2.75) is 6.92 Å². The van der Waals surface area contributed by atoms with Crippen molar-refractivity contribution in [3.63, 3.8) is 0 Å². The van der Waals surface area contributed by atoms with Crippen LogP contribution in [-0.2, 0) is 0 Å². The van der Waals surface area contributed by atoms with Gasteiger partial charge in [0.25, 0.3) is 5.56 Å². The molecule has 4 heteroatoms. The van der Waals surface area contributed by atoms with E-state index >= 15 is 0 Å². The minimum absolute atomic E-state index is 0.0571. The molecule has 2 heterocycles. The maximum Gasteiger partial charge on any atom is 0.281 e. The molecule has 5 aromatic rings. The SMILES string of the molecule is Cc1cccc(-n2c3ccccc3c3nc4ccccc4c(=O)n32)c1. The molecule has 0 aliphatic heterocycles. The molecule has 0 unspecified atom stereocenters. The summed E-state index contributed by atoms with van der Waals surface area (Å²) in [5.41, 5.74) is 4.40. The van der Waals surface area contributed by atoms with Crippen LogP contribution in [0.3, 0.4) is 0 Å². The summed E-state index contributed by atoms with van der Waals surface area (Å²) in [5.74, 6) is 0. The van der Waals surface area contributed by atoms with Gasteiger partial charge in [-0.3, -0.25) is 4.79 Å². The largest absolute Gasteiger partial charge is 0.281 e. The van der Waals surface area contributed by atoms with E-state index in [0.29, 0.717) is 11.0 Å². The Morgan fingerprint density at radius 3 is 2.44 bits per heavy atom. The third-order valence-electron chi connectivity index (χ3n) is 4.57. The van der Waals surface area contributed by atoms with Gasteiger partial charge in [-0.05, 0) is 48.9 Å². The number of aromatic nitrogens is 3. The second-order valence-electron chi connectivity index (χ2n) is 6.24. The van der Waals surface area contributed by atoms with E-state index in [9.17, 15) is 4.79 Å². The second-order valence-corrected chi connectivity index (χ2v) is 6.24. The number of fused-ring (bicyclic) bond motifs is 4. The summed E-state index contributed by atoms with van der Waals surface area (Å²) in [6.45, 7) is 2.05. The van der Waals surface area contributed by atoms with Crippen LogP contribution in [0.2, 0.25) is 0 Å². The number of para-hydroxylation sites is 2. The van der Waals surface area contributed by atoms with E-state index in [4.69, 9.17) is 4.98 Å². The zero-order valence-corrected chi connectivity index (χ0v) is 13.7. The average Bonchev–Trinajstić information content (AvgIpc) is 2.97. The smallest absolute Gasteiger partial charge is 0.267 e. The van der Waals surface area contributed by atoms with Crippen LogP contribution < -0.4 is 5.56 Å². The topological polar surface area (TPSA) is 39.3 Å². The van der Waals surface area contributed by atoms with Crippen molar-refractivity contribution in [1.29, 1.82) is 0 Å². The molecule has 2 aromatic heterocycles. The molecule has 0 fully saturated rings. The molecule has 3 aromatic carbocycles. The van der Waals surface area contributed by atoms with E-state index in [1.165, 1.54) is 0 Å². The molecule has 5 rings (SSSR count). The van der Waals surface area contributed by atoms with Crippen molar-refractivity contribution in [3.05, 3.63) is 88.7 Å². The third kappa shape index (κ3) is 1.94. The van der Waals surface area contributed by atoms with Crippen LogP contribution in [0.1, 0.15) is 5.56 Å². The molecule has 0 aliphatic carbocycles. The van der Waals surface area contributed by atoms with Gasteiger partial charge in [-0.15, -0.1) is 0 Å². The lowest BCUT2D eigenvalue weighted by Gasteiger charge is -2.09. The highest BCUT2D eigenvalue weighted by Gasteiger charge is 2.16. The van der Waals surface area contributed by atoms with Gasteiger partial charge in [0, 0.05) is 5.39 Å². The highest BCUT2D eigenvalue weighted by Crippen LogP contribution is 2.25. The van der Waals surface area contributed by atoms with Gasteiger partial charge in [0.1, 0.15) is 0 Å². The quantitative estimate of drug-likeness (QED) is 0.465. The van der Waals surface area contributed by atoms with E-state index in [-0.39, 0.29) is 5.56 Å². The first-order valence-corrected chi connectivity index (χ1v) is 8.22. The lowest BCUT2D eigenvalue weighted by atomic mass is 10.2. The summed E-state index contributed by atoms with van der Waals surface area (Å²) in [7, 11) is 0. The minimum Gasteiger partial charge on any atom is -0.267 e. The fourth-order valence-corrected chi connectivity index (χ4v) is 3.45. The van der Waals surface area contributed by atoms with E-state index in [1.807, 2.05) is 78.3 Å². The van der Waals surface area contributed by atoms with Crippen LogP contribution in [0.4, 0.5) is 0 Å². The highest BCUT2D eigenvalue weighted by molar-refractivity contribution is 5.96. The normalized spacial score (nSPS) is 11.6. The summed E-state index contributed by atoms with van der Waals surface area (Å²) < 4.78 is 3.64. The monoisotopic (exact) mass is 325 g/mol. The number of hydrogen-bond acceptors (Lipinski definition) is 2. The Bertz CT molecular complexity index is 1330. The van der Waals surface area contributed by atoms with E-state index < -0.39 is 0 Å². The number of hydrogen-bond donors (Lipinski definition) is 0. The Morgan fingerprint density at radius 1 is 0.840 bits per heavy atom. The van der Waals surface area contributed by atoms with Crippen LogP contribution in [0, 0.1) is 6.92 Å². The van der Waals surface area contributed by atoms with Crippen molar-refractivity contribution in [1.82, 2.24) is 14.2 Å². The number of benzene rings is 3. The molecule has 0 aliphatic rings. The summed E-state index contributed by atoms with van der Waals surface area (Å²) in [6, 6.07) is 23.6. The fraction of sp³-hybridized carbons (Fsp3) is 0.0476. The maximum absolute atomic E-state index is 13.2. The molecule has 0 atom stereocenters. The molecule has 0 saturated heterocycles. The van der Waals surface area contributed by atoms with E-state index in [0.717, 1.165) is 27.7 Å². The Balaban J connectivity index is 2.08. The molecular weight excluding hydrogens is 310 g/mol. The maximum atomic E-state index is 13.2. The van der Waals surface area contributed by atoms with Crippen molar-refractivity contribution in [2.24, 2.45) is 0 Å². The molecule has 0 N–H and O–H groups in total. The second kappa shape index (κ2) is 5.05. The summed E-state index contributed by atoms with van der Waals surface area (Å²) in [5, 5.41) is 1.59. The van der Waals surface area contributed by atoms with Gasteiger partial charge >= 0.3 is 0 Å². The fourth-order valence-electron chi connectivity index (χ4n) is 3.45. The Kier molecular flexibility index (Phi) is 2.82. The highest BCUT2D eigenvalue weighted by atomic mass is 16.1. The first-order chi connectivity index (χ1) is 12.2. The zero-order chi connectivity index (χ0) is 17.0. The van der Waals surface area contributed by atoms with Crippen LogP contribution in [0.5, 0.6) is 0 Å². The lowest BCUT2D eigenvalue weighted by molar-refractivity contribution is 0.794. The van der Waals surface area contributed by atoms with Gasteiger partial charge in [0.05, 0.1) is 22.1 Å². The van der Waals surface area contributed by atoms with Crippen LogP contribution >= 0.6 is 0 Å². The molecule has 0 radical (unpaired) electrons. The predicted octanol–water partition coefficient (Wildman–Crippen LogP) is 4.10.